The molecule has 1 N–H and O–H groups in total. The zero-order chi connectivity index (χ0) is 19.4. The van der Waals surface area contributed by atoms with E-state index in [1.807, 2.05) is 11.0 Å². The van der Waals surface area contributed by atoms with Crippen LogP contribution >= 0.6 is 0 Å². The zero-order valence-corrected chi connectivity index (χ0v) is 15.7. The molecule has 3 rings (SSSR count). The van der Waals surface area contributed by atoms with Gasteiger partial charge in [-0.15, -0.1) is 0 Å². The minimum absolute atomic E-state index is 0.0246. The Morgan fingerprint density at radius 1 is 1.11 bits per heavy atom. The lowest BCUT2D eigenvalue weighted by Crippen LogP contribution is -2.48. The third kappa shape index (κ3) is 4.63. The highest BCUT2D eigenvalue weighted by Crippen LogP contribution is 2.24. The Hall–Kier alpha value is -2.47. The van der Waals surface area contributed by atoms with E-state index >= 15 is 0 Å². The molecule has 1 aliphatic rings. The number of nitrogens with zero attached hydrogens (tertiary/aromatic N) is 2. The monoisotopic (exact) mass is 373 g/mol. The molecule has 4 nitrogen and oxygen atoms in total. The quantitative estimate of drug-likeness (QED) is 0.873. The van der Waals surface area contributed by atoms with Gasteiger partial charge in [-0.2, -0.15) is 0 Å². The van der Waals surface area contributed by atoms with Gasteiger partial charge >= 0.3 is 0 Å². The molecule has 2 aromatic carbocycles. The fraction of sp³-hybridized carbons (Fsp3) is 0.381. The van der Waals surface area contributed by atoms with E-state index in [0.29, 0.717) is 24.3 Å². The van der Waals surface area contributed by atoms with E-state index in [1.54, 1.807) is 43.3 Å². The van der Waals surface area contributed by atoms with Gasteiger partial charge in [0.25, 0.3) is 0 Å². The van der Waals surface area contributed by atoms with E-state index in [2.05, 4.69) is 5.32 Å². The summed E-state index contributed by atoms with van der Waals surface area (Å²) in [5.74, 6) is -0.723. The SMILES string of the molecule is CN(C)C(C(=O)NC1CCN(c2ccccc2F)CC1)c1cccc(F)c1. The van der Waals surface area contributed by atoms with E-state index in [9.17, 15) is 13.6 Å². The Morgan fingerprint density at radius 2 is 1.81 bits per heavy atom. The molecule has 0 saturated carbocycles. The summed E-state index contributed by atoms with van der Waals surface area (Å²) in [6, 6.07) is 12.4. The number of rotatable bonds is 5. The van der Waals surface area contributed by atoms with Crippen LogP contribution in [-0.4, -0.2) is 44.0 Å². The molecule has 0 spiro atoms. The predicted molar refractivity (Wildman–Crippen MR) is 103 cm³/mol. The molecule has 27 heavy (non-hydrogen) atoms. The van der Waals surface area contributed by atoms with Crippen molar-refractivity contribution >= 4 is 11.6 Å². The number of amides is 1. The van der Waals surface area contributed by atoms with Crippen LogP contribution in [-0.2, 0) is 4.79 Å². The second-order valence-corrected chi connectivity index (χ2v) is 7.14. The summed E-state index contributed by atoms with van der Waals surface area (Å²) in [4.78, 5) is 16.6. The number of para-hydroxylation sites is 1. The number of carbonyl (C=O) groups is 1. The van der Waals surface area contributed by atoms with Crippen LogP contribution in [0.5, 0.6) is 0 Å². The number of likely N-dealkylation sites (N-methyl/N-ethyl adjacent to an activating group) is 1. The normalized spacial score (nSPS) is 16.4. The Bertz CT molecular complexity index is 789. The van der Waals surface area contributed by atoms with Crippen LogP contribution in [0.2, 0.25) is 0 Å². The number of halogens is 2. The molecule has 0 bridgehead atoms. The van der Waals surface area contributed by atoms with Crippen molar-refractivity contribution in [1.29, 1.82) is 0 Å². The van der Waals surface area contributed by atoms with Crippen LogP contribution in [0, 0.1) is 11.6 Å². The number of hydrogen-bond acceptors (Lipinski definition) is 3. The van der Waals surface area contributed by atoms with Crippen molar-refractivity contribution in [3.05, 3.63) is 65.7 Å². The Morgan fingerprint density at radius 3 is 2.44 bits per heavy atom. The maximum Gasteiger partial charge on any atom is 0.242 e. The van der Waals surface area contributed by atoms with Crippen LogP contribution in [0.25, 0.3) is 0 Å². The molecule has 0 aliphatic carbocycles. The number of hydrogen-bond donors (Lipinski definition) is 1. The fourth-order valence-electron chi connectivity index (χ4n) is 3.61. The third-order valence-electron chi connectivity index (χ3n) is 4.96. The van der Waals surface area contributed by atoms with Crippen molar-refractivity contribution in [3.63, 3.8) is 0 Å². The minimum Gasteiger partial charge on any atom is -0.369 e. The molecule has 1 unspecified atom stereocenters. The van der Waals surface area contributed by atoms with Gasteiger partial charge in [-0.1, -0.05) is 24.3 Å². The highest BCUT2D eigenvalue weighted by atomic mass is 19.1. The van der Waals surface area contributed by atoms with Crippen LogP contribution < -0.4 is 10.2 Å². The smallest absolute Gasteiger partial charge is 0.242 e. The molecule has 1 fully saturated rings. The molecular formula is C21H25F2N3O. The van der Waals surface area contributed by atoms with Crippen LogP contribution in [0.3, 0.4) is 0 Å². The average Bonchev–Trinajstić information content (AvgIpc) is 2.63. The van der Waals surface area contributed by atoms with Gasteiger partial charge in [-0.05, 0) is 56.8 Å². The maximum absolute atomic E-state index is 13.9. The second-order valence-electron chi connectivity index (χ2n) is 7.14. The van der Waals surface area contributed by atoms with E-state index in [0.717, 1.165) is 12.8 Å². The summed E-state index contributed by atoms with van der Waals surface area (Å²) >= 11 is 0. The highest BCUT2D eigenvalue weighted by molar-refractivity contribution is 5.83. The van der Waals surface area contributed by atoms with E-state index in [4.69, 9.17) is 0 Å². The van der Waals surface area contributed by atoms with Crippen molar-refractivity contribution in [2.24, 2.45) is 0 Å². The average molecular weight is 373 g/mol. The summed E-state index contributed by atoms with van der Waals surface area (Å²) in [7, 11) is 3.60. The van der Waals surface area contributed by atoms with Crippen molar-refractivity contribution in [2.75, 3.05) is 32.1 Å². The Kier molecular flexibility index (Phi) is 6.06. The van der Waals surface area contributed by atoms with Gasteiger partial charge in [-0.25, -0.2) is 8.78 Å². The first-order valence-corrected chi connectivity index (χ1v) is 9.17. The lowest BCUT2D eigenvalue weighted by molar-refractivity contribution is -0.126. The topological polar surface area (TPSA) is 35.6 Å². The second kappa shape index (κ2) is 8.48. The van der Waals surface area contributed by atoms with Gasteiger partial charge in [0.2, 0.25) is 5.91 Å². The van der Waals surface area contributed by atoms with E-state index in [1.165, 1.54) is 18.2 Å². The van der Waals surface area contributed by atoms with Crippen molar-refractivity contribution < 1.29 is 13.6 Å². The first-order chi connectivity index (χ1) is 13.0. The zero-order valence-electron chi connectivity index (χ0n) is 15.7. The van der Waals surface area contributed by atoms with Gasteiger partial charge in [0, 0.05) is 19.1 Å². The molecule has 1 heterocycles. The number of anilines is 1. The first-order valence-electron chi connectivity index (χ1n) is 9.17. The molecule has 1 amide bonds. The lowest BCUT2D eigenvalue weighted by Gasteiger charge is -2.35. The summed E-state index contributed by atoms with van der Waals surface area (Å²) in [5.41, 5.74) is 1.23. The lowest BCUT2D eigenvalue weighted by atomic mass is 10.0. The summed E-state index contributed by atoms with van der Waals surface area (Å²) in [6.45, 7) is 1.36. The molecule has 0 aromatic heterocycles. The third-order valence-corrected chi connectivity index (χ3v) is 4.96. The minimum atomic E-state index is -0.551. The molecule has 1 atom stereocenters. The molecular weight excluding hydrogens is 348 g/mol. The Balaban J connectivity index is 1.62. The van der Waals surface area contributed by atoms with Crippen molar-refractivity contribution in [3.8, 4) is 0 Å². The van der Waals surface area contributed by atoms with E-state index < -0.39 is 6.04 Å². The van der Waals surface area contributed by atoms with Gasteiger partial charge in [-0.3, -0.25) is 9.69 Å². The molecule has 1 aliphatic heterocycles. The van der Waals surface area contributed by atoms with Gasteiger partial charge in [0.1, 0.15) is 17.7 Å². The molecule has 6 heteroatoms. The Labute approximate surface area is 158 Å². The molecule has 1 saturated heterocycles. The van der Waals surface area contributed by atoms with E-state index in [-0.39, 0.29) is 23.6 Å². The van der Waals surface area contributed by atoms with Crippen molar-refractivity contribution in [1.82, 2.24) is 10.2 Å². The van der Waals surface area contributed by atoms with Gasteiger partial charge < -0.3 is 10.2 Å². The summed E-state index contributed by atoms with van der Waals surface area (Å²) in [6.07, 6.45) is 1.48. The van der Waals surface area contributed by atoms with Crippen molar-refractivity contribution in [2.45, 2.75) is 24.9 Å². The number of piperidine rings is 1. The van der Waals surface area contributed by atoms with Crippen LogP contribution in [0.1, 0.15) is 24.4 Å². The van der Waals surface area contributed by atoms with Crippen LogP contribution in [0.4, 0.5) is 14.5 Å². The van der Waals surface area contributed by atoms with Crippen LogP contribution in [0.15, 0.2) is 48.5 Å². The summed E-state index contributed by atoms with van der Waals surface area (Å²) < 4.78 is 27.5. The standard InChI is InChI=1S/C21H25F2N3O/c1-25(2)20(15-6-5-7-16(22)14-15)21(27)24-17-10-12-26(13-11-17)19-9-4-3-8-18(19)23/h3-9,14,17,20H,10-13H2,1-2H3,(H,24,27). The molecule has 144 valence electrons. The largest absolute Gasteiger partial charge is 0.369 e. The first kappa shape index (κ1) is 19.3. The predicted octanol–water partition coefficient (Wildman–Crippen LogP) is 3.35. The fourth-order valence-corrected chi connectivity index (χ4v) is 3.61. The van der Waals surface area contributed by atoms with Gasteiger partial charge in [0.15, 0.2) is 0 Å². The number of nitrogens with one attached hydrogen (secondary N) is 1. The highest BCUT2D eigenvalue weighted by Gasteiger charge is 2.28. The molecule has 0 radical (unpaired) electrons. The number of carbonyl (C=O) groups excluding carboxylic acids is 1. The van der Waals surface area contributed by atoms with Gasteiger partial charge in [0.05, 0.1) is 5.69 Å². The molecule has 2 aromatic rings. The number of benzene rings is 2. The maximum atomic E-state index is 13.9. The summed E-state index contributed by atoms with van der Waals surface area (Å²) in [5, 5.41) is 3.08.